The maximum atomic E-state index is 12.8. The molecule has 1 fully saturated rings. The van der Waals surface area contributed by atoms with Crippen molar-refractivity contribution in [3.05, 3.63) is 11.6 Å². The van der Waals surface area contributed by atoms with Crippen LogP contribution >= 0.6 is 0 Å². The number of aliphatic hydroxyl groups is 1. The highest BCUT2D eigenvalue weighted by molar-refractivity contribution is 5.91. The van der Waals surface area contributed by atoms with Crippen molar-refractivity contribution in [2.45, 2.75) is 18.7 Å². The summed E-state index contributed by atoms with van der Waals surface area (Å²) < 4.78 is 17.5. The second-order valence-electron chi connectivity index (χ2n) is 3.15. The van der Waals surface area contributed by atoms with Crippen LogP contribution in [0, 0.1) is 5.92 Å². The molecule has 0 aromatic rings. The molecule has 1 heterocycles. The lowest BCUT2D eigenvalue weighted by molar-refractivity contribution is -0.135. The first kappa shape index (κ1) is 7.73. The molecule has 2 rings (SSSR count). The van der Waals surface area contributed by atoms with Crippen LogP contribution in [0.1, 0.15) is 6.42 Å². The van der Waals surface area contributed by atoms with Crippen molar-refractivity contribution in [3.8, 4) is 0 Å². The SMILES string of the molecule is O=C1OCC2C1=CC(F)CC2O. The summed E-state index contributed by atoms with van der Waals surface area (Å²) in [5.41, 5.74) is 0.307. The fraction of sp³-hybridized carbons (Fsp3) is 0.625. The molecule has 1 N–H and O–H groups in total. The van der Waals surface area contributed by atoms with Crippen LogP contribution in [0.5, 0.6) is 0 Å². The smallest absolute Gasteiger partial charge is 0.334 e. The van der Waals surface area contributed by atoms with Crippen molar-refractivity contribution < 1.29 is 19.0 Å². The fourth-order valence-corrected chi connectivity index (χ4v) is 1.66. The molecular weight excluding hydrogens is 163 g/mol. The molecule has 0 aromatic carbocycles. The Kier molecular flexibility index (Phi) is 1.65. The van der Waals surface area contributed by atoms with Crippen molar-refractivity contribution in [1.82, 2.24) is 0 Å². The molecule has 1 saturated heterocycles. The summed E-state index contributed by atoms with van der Waals surface area (Å²) in [6.07, 6.45) is -0.652. The lowest BCUT2D eigenvalue weighted by atomic mass is 9.86. The van der Waals surface area contributed by atoms with Gasteiger partial charge in [-0.1, -0.05) is 0 Å². The van der Waals surface area contributed by atoms with Crippen LogP contribution < -0.4 is 0 Å². The van der Waals surface area contributed by atoms with E-state index < -0.39 is 18.2 Å². The van der Waals surface area contributed by atoms with Crippen LogP contribution in [0.3, 0.4) is 0 Å². The third-order valence-electron chi connectivity index (χ3n) is 2.32. The number of ether oxygens (including phenoxy) is 1. The average Bonchev–Trinajstić information content (AvgIpc) is 2.33. The van der Waals surface area contributed by atoms with Crippen molar-refractivity contribution in [2.24, 2.45) is 5.92 Å². The van der Waals surface area contributed by atoms with E-state index in [9.17, 15) is 14.3 Å². The molecule has 4 heteroatoms. The van der Waals surface area contributed by atoms with Gasteiger partial charge in [0, 0.05) is 12.0 Å². The van der Waals surface area contributed by atoms with Crippen LogP contribution in [-0.4, -0.2) is 30.0 Å². The van der Waals surface area contributed by atoms with Crippen LogP contribution in [0.15, 0.2) is 11.6 Å². The van der Waals surface area contributed by atoms with Gasteiger partial charge in [0.15, 0.2) is 0 Å². The van der Waals surface area contributed by atoms with Gasteiger partial charge in [0.1, 0.15) is 12.8 Å². The summed E-state index contributed by atoms with van der Waals surface area (Å²) in [4.78, 5) is 10.9. The minimum atomic E-state index is -1.21. The van der Waals surface area contributed by atoms with Crippen molar-refractivity contribution in [3.63, 3.8) is 0 Å². The second kappa shape index (κ2) is 2.55. The topological polar surface area (TPSA) is 46.5 Å². The van der Waals surface area contributed by atoms with Crippen molar-refractivity contribution in [1.29, 1.82) is 0 Å². The molecule has 0 aromatic heterocycles. The zero-order valence-corrected chi connectivity index (χ0v) is 6.37. The molecule has 66 valence electrons. The molecule has 1 aliphatic carbocycles. The monoisotopic (exact) mass is 172 g/mol. The van der Waals surface area contributed by atoms with Gasteiger partial charge in [-0.05, 0) is 6.08 Å². The third-order valence-corrected chi connectivity index (χ3v) is 2.32. The molecule has 0 bridgehead atoms. The average molecular weight is 172 g/mol. The summed E-state index contributed by atoms with van der Waals surface area (Å²) in [6.45, 7) is 0.193. The third kappa shape index (κ3) is 1.03. The molecule has 3 nitrogen and oxygen atoms in total. The normalized spacial score (nSPS) is 40.3. The van der Waals surface area contributed by atoms with Gasteiger partial charge in [0.25, 0.3) is 0 Å². The van der Waals surface area contributed by atoms with Crippen molar-refractivity contribution >= 4 is 5.97 Å². The van der Waals surface area contributed by atoms with Gasteiger partial charge in [-0.25, -0.2) is 9.18 Å². The Morgan fingerprint density at radius 3 is 3.17 bits per heavy atom. The number of hydrogen-bond acceptors (Lipinski definition) is 3. The van der Waals surface area contributed by atoms with Gasteiger partial charge in [-0.3, -0.25) is 0 Å². The van der Waals surface area contributed by atoms with Gasteiger partial charge in [0.2, 0.25) is 0 Å². The number of alkyl halides is 1. The highest BCUT2D eigenvalue weighted by Gasteiger charge is 2.40. The quantitative estimate of drug-likeness (QED) is 0.530. The summed E-state index contributed by atoms with van der Waals surface area (Å²) in [6, 6.07) is 0. The molecule has 3 unspecified atom stereocenters. The van der Waals surface area contributed by atoms with E-state index in [2.05, 4.69) is 4.74 Å². The van der Waals surface area contributed by atoms with Gasteiger partial charge in [-0.15, -0.1) is 0 Å². The number of carbonyl (C=O) groups is 1. The van der Waals surface area contributed by atoms with Gasteiger partial charge >= 0.3 is 5.97 Å². The lowest BCUT2D eigenvalue weighted by Crippen LogP contribution is -2.30. The van der Waals surface area contributed by atoms with Gasteiger partial charge < -0.3 is 9.84 Å². The Morgan fingerprint density at radius 2 is 2.42 bits per heavy atom. The standard InChI is InChI=1S/C8H9FO3/c9-4-1-5-6(7(10)2-4)3-12-8(5)11/h1,4,6-7,10H,2-3H2. The zero-order chi connectivity index (χ0) is 8.72. The Labute approximate surface area is 68.8 Å². The predicted molar refractivity (Wildman–Crippen MR) is 38.1 cm³/mol. The molecule has 1 aliphatic heterocycles. The highest BCUT2D eigenvalue weighted by Crippen LogP contribution is 2.32. The molecule has 0 amide bonds. The molecule has 2 aliphatic rings. The number of aliphatic hydroxyl groups excluding tert-OH is 1. The molecule has 3 atom stereocenters. The molecule has 0 radical (unpaired) electrons. The van der Waals surface area contributed by atoms with Gasteiger partial charge in [-0.2, -0.15) is 0 Å². The summed E-state index contributed by atoms with van der Waals surface area (Å²) in [7, 11) is 0. The first-order chi connectivity index (χ1) is 5.68. The summed E-state index contributed by atoms with van der Waals surface area (Å²) in [5, 5.41) is 9.35. The number of hydrogen-bond donors (Lipinski definition) is 1. The Balaban J connectivity index is 2.31. The highest BCUT2D eigenvalue weighted by atomic mass is 19.1. The first-order valence-electron chi connectivity index (χ1n) is 3.89. The number of rotatable bonds is 0. The summed E-state index contributed by atoms with van der Waals surface area (Å²) >= 11 is 0. The number of carbonyl (C=O) groups excluding carboxylic acids is 1. The molecular formula is C8H9FO3. The Bertz CT molecular complexity index is 249. The minimum Gasteiger partial charge on any atom is -0.462 e. The second-order valence-corrected chi connectivity index (χ2v) is 3.15. The van der Waals surface area contributed by atoms with E-state index in [1.807, 2.05) is 0 Å². The molecule has 0 saturated carbocycles. The number of esters is 1. The Morgan fingerprint density at radius 1 is 1.67 bits per heavy atom. The van der Waals surface area contributed by atoms with Crippen LogP contribution in [0.2, 0.25) is 0 Å². The van der Waals surface area contributed by atoms with Crippen LogP contribution in [0.25, 0.3) is 0 Å². The Hall–Kier alpha value is -0.900. The number of allylic oxidation sites excluding steroid dienone is 1. The molecule has 12 heavy (non-hydrogen) atoms. The van der Waals surface area contributed by atoms with E-state index in [0.29, 0.717) is 5.57 Å². The van der Waals surface area contributed by atoms with E-state index in [1.54, 1.807) is 0 Å². The van der Waals surface area contributed by atoms with Crippen molar-refractivity contribution in [2.75, 3.05) is 6.61 Å². The zero-order valence-electron chi connectivity index (χ0n) is 6.37. The largest absolute Gasteiger partial charge is 0.462 e. The summed E-state index contributed by atoms with van der Waals surface area (Å²) in [5.74, 6) is -0.786. The number of fused-ring (bicyclic) bond motifs is 1. The van der Waals surface area contributed by atoms with Crippen LogP contribution in [0.4, 0.5) is 4.39 Å². The van der Waals surface area contributed by atoms with Crippen LogP contribution in [-0.2, 0) is 9.53 Å². The van der Waals surface area contributed by atoms with E-state index in [4.69, 9.17) is 0 Å². The maximum absolute atomic E-state index is 12.8. The van der Waals surface area contributed by atoms with E-state index in [0.717, 1.165) is 0 Å². The first-order valence-corrected chi connectivity index (χ1v) is 3.89. The number of cyclic esters (lactones) is 1. The van der Waals surface area contributed by atoms with E-state index >= 15 is 0 Å². The maximum Gasteiger partial charge on any atom is 0.334 e. The minimum absolute atomic E-state index is 0.0742. The van der Waals surface area contributed by atoms with E-state index in [-0.39, 0.29) is 18.9 Å². The molecule has 0 spiro atoms. The van der Waals surface area contributed by atoms with E-state index in [1.165, 1.54) is 6.08 Å². The predicted octanol–water partition coefficient (Wildman–Crippen LogP) is 0.189. The lowest BCUT2D eigenvalue weighted by Gasteiger charge is -2.22. The van der Waals surface area contributed by atoms with Gasteiger partial charge in [0.05, 0.1) is 12.0 Å². The number of halogens is 1. The fourth-order valence-electron chi connectivity index (χ4n) is 1.66.